The summed E-state index contributed by atoms with van der Waals surface area (Å²) in [6.07, 6.45) is 1.32. The quantitative estimate of drug-likeness (QED) is 0.793. The van der Waals surface area contributed by atoms with Crippen molar-refractivity contribution >= 4 is 17.6 Å². The number of likely N-dealkylation sites (tertiary alicyclic amines) is 1. The van der Waals surface area contributed by atoms with Gasteiger partial charge in [-0.25, -0.2) is 4.79 Å². The number of hydrogen-bond donors (Lipinski definition) is 2. The minimum absolute atomic E-state index is 0.294. The summed E-state index contributed by atoms with van der Waals surface area (Å²) in [5, 5.41) is 9.27. The van der Waals surface area contributed by atoms with Gasteiger partial charge in [-0.05, 0) is 30.9 Å². The third-order valence-corrected chi connectivity index (χ3v) is 3.60. The number of carbonyl (C=O) groups is 2. The molecule has 1 aromatic rings. The summed E-state index contributed by atoms with van der Waals surface area (Å²) < 4.78 is 0. The van der Waals surface area contributed by atoms with E-state index in [9.17, 15) is 14.7 Å². The Bertz CT molecular complexity index is 501. The summed E-state index contributed by atoms with van der Waals surface area (Å²) in [6.45, 7) is 2.47. The molecule has 1 aromatic carbocycles. The average Bonchev–Trinajstić information content (AvgIpc) is 2.38. The Balaban J connectivity index is 2.27. The minimum atomic E-state index is -0.950. The molecule has 19 heavy (non-hydrogen) atoms. The largest absolute Gasteiger partial charge is 0.480 e. The van der Waals surface area contributed by atoms with Gasteiger partial charge < -0.3 is 15.7 Å². The van der Waals surface area contributed by atoms with Crippen molar-refractivity contribution < 1.29 is 14.7 Å². The average molecular weight is 262 g/mol. The van der Waals surface area contributed by atoms with E-state index in [1.165, 1.54) is 4.90 Å². The zero-order chi connectivity index (χ0) is 14.0. The summed E-state index contributed by atoms with van der Waals surface area (Å²) in [6, 6.07) is 6.01. The SMILES string of the molecule is CC1CCN(C(=O)c2ccccc2N)C(C(=O)O)C1. The van der Waals surface area contributed by atoms with E-state index in [-0.39, 0.29) is 5.91 Å². The summed E-state index contributed by atoms with van der Waals surface area (Å²) >= 11 is 0. The highest BCUT2D eigenvalue weighted by Gasteiger charge is 2.35. The number of amides is 1. The molecule has 2 unspecified atom stereocenters. The van der Waals surface area contributed by atoms with Gasteiger partial charge in [0.05, 0.1) is 5.56 Å². The number of nitrogens with two attached hydrogens (primary N) is 1. The summed E-state index contributed by atoms with van der Waals surface area (Å²) in [4.78, 5) is 25.2. The Morgan fingerprint density at radius 1 is 1.37 bits per heavy atom. The maximum Gasteiger partial charge on any atom is 0.326 e. The predicted molar refractivity (Wildman–Crippen MR) is 71.7 cm³/mol. The van der Waals surface area contributed by atoms with Gasteiger partial charge >= 0.3 is 5.97 Å². The normalized spacial score (nSPS) is 23.1. The third-order valence-electron chi connectivity index (χ3n) is 3.60. The van der Waals surface area contributed by atoms with Crippen LogP contribution in [0.25, 0.3) is 0 Å². The molecule has 5 heteroatoms. The van der Waals surface area contributed by atoms with Crippen LogP contribution >= 0.6 is 0 Å². The van der Waals surface area contributed by atoms with Crippen molar-refractivity contribution in [3.8, 4) is 0 Å². The van der Waals surface area contributed by atoms with Gasteiger partial charge in [0.1, 0.15) is 6.04 Å². The Hall–Kier alpha value is -2.04. The van der Waals surface area contributed by atoms with E-state index in [1.54, 1.807) is 24.3 Å². The Morgan fingerprint density at radius 3 is 2.68 bits per heavy atom. The van der Waals surface area contributed by atoms with Crippen LogP contribution in [0.15, 0.2) is 24.3 Å². The lowest BCUT2D eigenvalue weighted by atomic mass is 9.91. The minimum Gasteiger partial charge on any atom is -0.480 e. The second-order valence-corrected chi connectivity index (χ2v) is 5.07. The van der Waals surface area contributed by atoms with Crippen LogP contribution in [0.2, 0.25) is 0 Å². The topological polar surface area (TPSA) is 83.6 Å². The number of hydrogen-bond acceptors (Lipinski definition) is 3. The molecular weight excluding hydrogens is 244 g/mol. The molecule has 1 aliphatic rings. The van der Waals surface area contributed by atoms with Crippen molar-refractivity contribution in [3.05, 3.63) is 29.8 Å². The van der Waals surface area contributed by atoms with Crippen LogP contribution in [0.4, 0.5) is 5.69 Å². The molecule has 0 aromatic heterocycles. The second kappa shape index (κ2) is 5.30. The number of nitrogen functional groups attached to an aromatic ring is 1. The number of carboxylic acid groups (broad SMARTS) is 1. The van der Waals surface area contributed by atoms with Gasteiger partial charge in [-0.3, -0.25) is 4.79 Å². The van der Waals surface area contributed by atoms with E-state index in [2.05, 4.69) is 0 Å². The highest BCUT2D eigenvalue weighted by atomic mass is 16.4. The van der Waals surface area contributed by atoms with Crippen molar-refractivity contribution in [1.29, 1.82) is 0 Å². The van der Waals surface area contributed by atoms with Gasteiger partial charge in [0, 0.05) is 12.2 Å². The van der Waals surface area contributed by atoms with Crippen LogP contribution < -0.4 is 5.73 Å². The summed E-state index contributed by atoms with van der Waals surface area (Å²) in [5.41, 5.74) is 6.54. The van der Waals surface area contributed by atoms with Crippen molar-refractivity contribution in [3.63, 3.8) is 0 Å². The Kier molecular flexibility index (Phi) is 3.74. The van der Waals surface area contributed by atoms with Crippen molar-refractivity contribution in [2.45, 2.75) is 25.8 Å². The number of para-hydroxylation sites is 1. The van der Waals surface area contributed by atoms with Gasteiger partial charge in [0.15, 0.2) is 0 Å². The second-order valence-electron chi connectivity index (χ2n) is 5.07. The number of nitrogens with zero attached hydrogens (tertiary/aromatic N) is 1. The predicted octanol–water partition coefficient (Wildman–Crippen LogP) is 1.59. The van der Waals surface area contributed by atoms with Crippen LogP contribution in [0, 0.1) is 5.92 Å². The molecule has 0 bridgehead atoms. The van der Waals surface area contributed by atoms with E-state index >= 15 is 0 Å². The Labute approximate surface area is 112 Å². The van der Waals surface area contributed by atoms with Gasteiger partial charge in [0.25, 0.3) is 5.91 Å². The maximum absolute atomic E-state index is 12.4. The molecule has 1 fully saturated rings. The van der Waals surface area contributed by atoms with E-state index in [4.69, 9.17) is 5.73 Å². The van der Waals surface area contributed by atoms with Crippen molar-refractivity contribution in [2.24, 2.45) is 5.92 Å². The standard InChI is InChI=1S/C14H18N2O3/c1-9-6-7-16(12(8-9)14(18)19)13(17)10-4-2-3-5-11(10)15/h2-5,9,12H,6-8,15H2,1H3,(H,18,19). The van der Waals surface area contributed by atoms with Crippen molar-refractivity contribution in [1.82, 2.24) is 4.90 Å². The highest BCUT2D eigenvalue weighted by Crippen LogP contribution is 2.25. The lowest BCUT2D eigenvalue weighted by molar-refractivity contribution is -0.144. The molecule has 5 nitrogen and oxygen atoms in total. The number of aliphatic carboxylic acids is 1. The first-order valence-corrected chi connectivity index (χ1v) is 6.39. The third kappa shape index (κ3) is 2.70. The van der Waals surface area contributed by atoms with E-state index in [1.807, 2.05) is 6.92 Å². The smallest absolute Gasteiger partial charge is 0.326 e. The highest BCUT2D eigenvalue weighted by molar-refractivity contribution is 6.00. The first-order valence-electron chi connectivity index (χ1n) is 6.39. The molecule has 0 radical (unpaired) electrons. The van der Waals surface area contributed by atoms with Gasteiger partial charge in [-0.15, -0.1) is 0 Å². The van der Waals surface area contributed by atoms with Crippen LogP contribution in [0.3, 0.4) is 0 Å². The van der Waals surface area contributed by atoms with Gasteiger partial charge in [0.2, 0.25) is 0 Å². The molecule has 102 valence electrons. The fourth-order valence-electron chi connectivity index (χ4n) is 2.47. The number of carbonyl (C=O) groups excluding carboxylic acids is 1. The van der Waals surface area contributed by atoms with E-state index in [0.29, 0.717) is 30.1 Å². The molecule has 1 amide bonds. The van der Waals surface area contributed by atoms with E-state index in [0.717, 1.165) is 6.42 Å². The maximum atomic E-state index is 12.4. The number of carboxylic acids is 1. The van der Waals surface area contributed by atoms with Crippen LogP contribution in [0.5, 0.6) is 0 Å². The fourth-order valence-corrected chi connectivity index (χ4v) is 2.47. The monoisotopic (exact) mass is 262 g/mol. The number of anilines is 1. The number of rotatable bonds is 2. The molecular formula is C14H18N2O3. The first-order chi connectivity index (χ1) is 9.00. The molecule has 1 heterocycles. The molecule has 3 N–H and O–H groups in total. The van der Waals surface area contributed by atoms with Gasteiger partial charge in [-0.1, -0.05) is 19.1 Å². The van der Waals surface area contributed by atoms with Crippen molar-refractivity contribution in [2.75, 3.05) is 12.3 Å². The molecule has 0 aliphatic carbocycles. The molecule has 1 aliphatic heterocycles. The number of benzene rings is 1. The molecule has 2 atom stereocenters. The molecule has 1 saturated heterocycles. The zero-order valence-corrected chi connectivity index (χ0v) is 10.9. The fraction of sp³-hybridized carbons (Fsp3) is 0.429. The molecule has 2 rings (SSSR count). The van der Waals surface area contributed by atoms with Crippen LogP contribution in [0.1, 0.15) is 30.1 Å². The first kappa shape index (κ1) is 13.4. The zero-order valence-electron chi connectivity index (χ0n) is 10.9. The Morgan fingerprint density at radius 2 is 2.05 bits per heavy atom. The van der Waals surface area contributed by atoms with Crippen LogP contribution in [-0.2, 0) is 4.79 Å². The van der Waals surface area contributed by atoms with Crippen LogP contribution in [-0.4, -0.2) is 34.5 Å². The lowest BCUT2D eigenvalue weighted by Crippen LogP contribution is -2.49. The number of piperidine rings is 1. The molecule has 0 spiro atoms. The lowest BCUT2D eigenvalue weighted by Gasteiger charge is -2.36. The summed E-state index contributed by atoms with van der Waals surface area (Å²) in [5.74, 6) is -0.926. The van der Waals surface area contributed by atoms with E-state index < -0.39 is 12.0 Å². The molecule has 0 saturated carbocycles. The summed E-state index contributed by atoms with van der Waals surface area (Å²) in [7, 11) is 0. The van der Waals surface area contributed by atoms with Gasteiger partial charge in [-0.2, -0.15) is 0 Å².